The van der Waals surface area contributed by atoms with Gasteiger partial charge in [-0.1, -0.05) is 47.1 Å². The number of carbonyl (C=O) groups excluding carboxylic acids is 1. The number of carbonyl (C=O) groups is 1. The van der Waals surface area contributed by atoms with Crippen molar-refractivity contribution in [1.29, 1.82) is 0 Å². The molecule has 0 bridgehead atoms. The van der Waals surface area contributed by atoms with Gasteiger partial charge in [-0.25, -0.2) is 4.39 Å². The van der Waals surface area contributed by atoms with Crippen molar-refractivity contribution < 1.29 is 14.0 Å². The number of rotatable bonds is 5. The van der Waals surface area contributed by atoms with Crippen LogP contribution in [-0.2, 0) is 16.2 Å². The maximum absolute atomic E-state index is 13.1. The van der Waals surface area contributed by atoms with E-state index in [4.69, 9.17) is 16.4 Å². The molecule has 1 aromatic heterocycles. The first-order valence-corrected chi connectivity index (χ1v) is 9.92. The molecule has 1 unspecified atom stereocenters. The lowest BCUT2D eigenvalue weighted by atomic mass is 10.0. The molecule has 3 aromatic rings. The Balaban J connectivity index is 1.40. The van der Waals surface area contributed by atoms with E-state index in [0.717, 1.165) is 5.56 Å². The Labute approximate surface area is 179 Å². The van der Waals surface area contributed by atoms with Crippen molar-refractivity contribution in [1.82, 2.24) is 9.78 Å². The summed E-state index contributed by atoms with van der Waals surface area (Å²) < 4.78 is 15.4. The van der Waals surface area contributed by atoms with Crippen LogP contribution in [0.5, 0.6) is 0 Å². The molecule has 1 atom stereocenters. The standard InChI is InChI=1S/C20H15BrClFN4O2/c21-15-11-27(10-13-3-1-2-4-16(13)22)25-19(15)24-20(28)18-9-17(26-29-18)12-5-7-14(23)8-6-12/h1-8,11,18H,9-10H2,(H,24,25,28). The van der Waals surface area contributed by atoms with Crippen LogP contribution in [-0.4, -0.2) is 27.5 Å². The molecule has 0 aliphatic carbocycles. The number of oxime groups is 1. The number of nitrogens with zero attached hydrogens (tertiary/aromatic N) is 3. The maximum Gasteiger partial charge on any atom is 0.269 e. The lowest BCUT2D eigenvalue weighted by molar-refractivity contribution is -0.125. The van der Waals surface area contributed by atoms with Gasteiger partial charge in [-0.15, -0.1) is 0 Å². The Morgan fingerprint density at radius 2 is 2.03 bits per heavy atom. The van der Waals surface area contributed by atoms with Crippen LogP contribution in [0.25, 0.3) is 0 Å². The predicted octanol–water partition coefficient (Wildman–Crippen LogP) is 4.62. The molecule has 1 aliphatic heterocycles. The highest BCUT2D eigenvalue weighted by Gasteiger charge is 2.30. The van der Waals surface area contributed by atoms with E-state index in [-0.39, 0.29) is 18.1 Å². The summed E-state index contributed by atoms with van der Waals surface area (Å²) in [5, 5.41) is 11.7. The molecule has 6 nitrogen and oxygen atoms in total. The number of halogens is 3. The van der Waals surface area contributed by atoms with Crippen LogP contribution in [0.15, 0.2) is 64.4 Å². The molecule has 4 rings (SSSR count). The Bertz CT molecular complexity index is 1080. The second-order valence-corrected chi connectivity index (χ2v) is 7.71. The quantitative estimate of drug-likeness (QED) is 0.583. The summed E-state index contributed by atoms with van der Waals surface area (Å²) in [6.45, 7) is 0.464. The highest BCUT2D eigenvalue weighted by Crippen LogP contribution is 2.24. The number of amides is 1. The number of benzene rings is 2. The summed E-state index contributed by atoms with van der Waals surface area (Å²) in [4.78, 5) is 17.8. The molecule has 29 heavy (non-hydrogen) atoms. The van der Waals surface area contributed by atoms with Crippen molar-refractivity contribution in [3.63, 3.8) is 0 Å². The maximum atomic E-state index is 13.1. The third kappa shape index (κ3) is 4.49. The molecule has 2 aromatic carbocycles. The van der Waals surface area contributed by atoms with E-state index in [9.17, 15) is 9.18 Å². The fourth-order valence-corrected chi connectivity index (χ4v) is 3.50. The van der Waals surface area contributed by atoms with Crippen LogP contribution in [0.3, 0.4) is 0 Å². The predicted molar refractivity (Wildman–Crippen MR) is 112 cm³/mol. The van der Waals surface area contributed by atoms with Gasteiger partial charge in [-0.05, 0) is 45.3 Å². The van der Waals surface area contributed by atoms with Crippen molar-refractivity contribution in [2.45, 2.75) is 19.1 Å². The molecule has 0 saturated heterocycles. The second kappa shape index (κ2) is 8.34. The van der Waals surface area contributed by atoms with Gasteiger partial charge in [0, 0.05) is 17.6 Å². The van der Waals surface area contributed by atoms with E-state index >= 15 is 0 Å². The zero-order chi connectivity index (χ0) is 20.4. The summed E-state index contributed by atoms with van der Waals surface area (Å²) >= 11 is 9.60. The first-order valence-electron chi connectivity index (χ1n) is 8.75. The molecule has 9 heteroatoms. The zero-order valence-corrected chi connectivity index (χ0v) is 17.3. The van der Waals surface area contributed by atoms with Gasteiger partial charge in [0.25, 0.3) is 5.91 Å². The Morgan fingerprint density at radius 1 is 1.28 bits per heavy atom. The zero-order valence-electron chi connectivity index (χ0n) is 15.0. The third-order valence-electron chi connectivity index (χ3n) is 4.39. The number of hydrogen-bond donors (Lipinski definition) is 1. The molecule has 1 aliphatic rings. The molecular weight excluding hydrogens is 463 g/mol. The van der Waals surface area contributed by atoms with E-state index in [0.29, 0.717) is 33.1 Å². The number of nitrogens with one attached hydrogen (secondary N) is 1. The Hall–Kier alpha value is -2.71. The van der Waals surface area contributed by atoms with Gasteiger partial charge in [-0.2, -0.15) is 5.10 Å². The number of hydrogen-bond acceptors (Lipinski definition) is 4. The van der Waals surface area contributed by atoms with E-state index in [1.165, 1.54) is 12.1 Å². The average Bonchev–Trinajstić information content (AvgIpc) is 3.32. The third-order valence-corrected chi connectivity index (χ3v) is 5.34. The minimum atomic E-state index is -0.782. The molecule has 0 fully saturated rings. The van der Waals surface area contributed by atoms with Gasteiger partial charge in [0.2, 0.25) is 6.10 Å². The van der Waals surface area contributed by atoms with Crippen molar-refractivity contribution in [2.24, 2.45) is 5.16 Å². The SMILES string of the molecule is O=C(Nc1nn(Cc2ccccc2Cl)cc1Br)C1CC(c2ccc(F)cc2)=NO1. The Morgan fingerprint density at radius 3 is 2.79 bits per heavy atom. The van der Waals surface area contributed by atoms with Crippen molar-refractivity contribution in [3.8, 4) is 0 Å². The molecule has 0 radical (unpaired) electrons. The summed E-state index contributed by atoms with van der Waals surface area (Å²) in [6, 6.07) is 13.4. The summed E-state index contributed by atoms with van der Waals surface area (Å²) in [5.41, 5.74) is 2.22. The largest absolute Gasteiger partial charge is 0.382 e. The molecule has 148 valence electrons. The molecule has 0 saturated carbocycles. The minimum Gasteiger partial charge on any atom is -0.382 e. The van der Waals surface area contributed by atoms with Gasteiger partial charge in [-0.3, -0.25) is 9.48 Å². The van der Waals surface area contributed by atoms with Crippen LogP contribution in [0.1, 0.15) is 17.5 Å². The molecular formula is C20H15BrClFN4O2. The van der Waals surface area contributed by atoms with Gasteiger partial charge < -0.3 is 10.2 Å². The highest BCUT2D eigenvalue weighted by atomic mass is 79.9. The Kier molecular flexibility index (Phi) is 5.64. The topological polar surface area (TPSA) is 68.5 Å². The molecule has 2 heterocycles. The van der Waals surface area contributed by atoms with Crippen molar-refractivity contribution in [3.05, 3.63) is 81.2 Å². The number of anilines is 1. The highest BCUT2D eigenvalue weighted by molar-refractivity contribution is 9.10. The lowest BCUT2D eigenvalue weighted by Gasteiger charge is -2.08. The summed E-state index contributed by atoms with van der Waals surface area (Å²) in [5.74, 6) is -0.324. The van der Waals surface area contributed by atoms with Crippen molar-refractivity contribution >= 4 is 45.0 Å². The van der Waals surface area contributed by atoms with Crippen LogP contribution in [0, 0.1) is 5.82 Å². The fraction of sp³-hybridized carbons (Fsp3) is 0.150. The van der Waals surface area contributed by atoms with Gasteiger partial charge in [0.1, 0.15) is 5.82 Å². The average molecular weight is 478 g/mol. The normalized spacial score (nSPS) is 15.7. The van der Waals surface area contributed by atoms with E-state index in [1.807, 2.05) is 24.3 Å². The first-order chi connectivity index (χ1) is 14.0. The minimum absolute atomic E-state index is 0.287. The van der Waals surface area contributed by atoms with Crippen LogP contribution >= 0.6 is 27.5 Å². The first kappa shape index (κ1) is 19.6. The van der Waals surface area contributed by atoms with E-state index in [2.05, 4.69) is 31.5 Å². The van der Waals surface area contributed by atoms with E-state index in [1.54, 1.807) is 23.0 Å². The summed E-state index contributed by atoms with van der Waals surface area (Å²) in [7, 11) is 0. The van der Waals surface area contributed by atoms with Crippen LogP contribution < -0.4 is 5.32 Å². The second-order valence-electron chi connectivity index (χ2n) is 6.45. The number of aromatic nitrogens is 2. The van der Waals surface area contributed by atoms with Crippen LogP contribution in [0.2, 0.25) is 5.02 Å². The summed E-state index contributed by atoms with van der Waals surface area (Å²) in [6.07, 6.45) is 1.26. The van der Waals surface area contributed by atoms with Gasteiger partial charge >= 0.3 is 0 Å². The fourth-order valence-electron chi connectivity index (χ4n) is 2.89. The molecule has 1 amide bonds. The lowest BCUT2D eigenvalue weighted by Crippen LogP contribution is -2.28. The molecule has 1 N–H and O–H groups in total. The molecule has 0 spiro atoms. The smallest absolute Gasteiger partial charge is 0.269 e. The van der Waals surface area contributed by atoms with Crippen LogP contribution in [0.4, 0.5) is 10.2 Å². The van der Waals surface area contributed by atoms with E-state index < -0.39 is 6.10 Å². The van der Waals surface area contributed by atoms with Crippen molar-refractivity contribution in [2.75, 3.05) is 5.32 Å². The van der Waals surface area contributed by atoms with Gasteiger partial charge in [0.15, 0.2) is 5.82 Å². The monoisotopic (exact) mass is 476 g/mol. The van der Waals surface area contributed by atoms with Gasteiger partial charge in [0.05, 0.1) is 16.7 Å².